The van der Waals surface area contributed by atoms with Crippen LogP contribution in [-0.2, 0) is 4.79 Å². The Balaban J connectivity index is 1.52. The standard InChI is InChI=1S/C20H20ClN3OS3/c1-22-8-10-23(11-9-22)20(26)27-13-19(25)24-15-4-2-3-5-17(15)28-18-7-6-14(21)12-16(18)24/h2-7,12H,8-11,13H2,1H3. The molecule has 2 aliphatic rings. The van der Waals surface area contributed by atoms with Crippen molar-refractivity contribution in [3.8, 4) is 0 Å². The lowest BCUT2D eigenvalue weighted by atomic mass is 10.2. The minimum absolute atomic E-state index is 0.0118. The van der Waals surface area contributed by atoms with E-state index in [0.29, 0.717) is 10.8 Å². The van der Waals surface area contributed by atoms with E-state index >= 15 is 0 Å². The third kappa shape index (κ3) is 4.19. The topological polar surface area (TPSA) is 26.8 Å². The van der Waals surface area contributed by atoms with Crippen LogP contribution in [0.25, 0.3) is 0 Å². The van der Waals surface area contributed by atoms with Crippen molar-refractivity contribution in [2.45, 2.75) is 9.79 Å². The summed E-state index contributed by atoms with van der Waals surface area (Å²) in [5.74, 6) is 0.314. The number of thiocarbonyl (C=S) groups is 1. The number of para-hydroxylation sites is 1. The molecular formula is C20H20ClN3OS3. The fourth-order valence-electron chi connectivity index (χ4n) is 3.27. The Morgan fingerprint density at radius 3 is 2.61 bits per heavy atom. The monoisotopic (exact) mass is 449 g/mol. The largest absolute Gasteiger partial charge is 0.355 e. The first-order chi connectivity index (χ1) is 13.5. The molecule has 1 saturated heterocycles. The third-order valence-electron chi connectivity index (χ3n) is 4.82. The van der Waals surface area contributed by atoms with Gasteiger partial charge in [-0.3, -0.25) is 9.69 Å². The number of fused-ring (bicyclic) bond motifs is 2. The summed E-state index contributed by atoms with van der Waals surface area (Å²) in [6.07, 6.45) is 0. The van der Waals surface area contributed by atoms with Crippen LogP contribution in [0.15, 0.2) is 52.3 Å². The maximum absolute atomic E-state index is 13.2. The summed E-state index contributed by atoms with van der Waals surface area (Å²) in [7, 11) is 2.12. The van der Waals surface area contributed by atoms with Crippen LogP contribution in [0.5, 0.6) is 0 Å². The minimum atomic E-state index is 0.0118. The average molecular weight is 450 g/mol. The zero-order valence-electron chi connectivity index (χ0n) is 15.4. The SMILES string of the molecule is CN1CCN(C(=S)SCC(=O)N2c3ccccc3Sc3ccc(Cl)cc32)CC1. The van der Waals surface area contributed by atoms with Crippen molar-refractivity contribution < 1.29 is 4.79 Å². The van der Waals surface area contributed by atoms with E-state index in [9.17, 15) is 4.79 Å². The van der Waals surface area contributed by atoms with E-state index in [4.69, 9.17) is 23.8 Å². The number of rotatable bonds is 2. The molecule has 0 bridgehead atoms. The Morgan fingerprint density at radius 1 is 1.11 bits per heavy atom. The van der Waals surface area contributed by atoms with Crippen LogP contribution in [0, 0.1) is 0 Å². The molecule has 0 unspecified atom stereocenters. The fourth-order valence-corrected chi connectivity index (χ4v) is 5.57. The summed E-state index contributed by atoms with van der Waals surface area (Å²) in [6.45, 7) is 3.82. The summed E-state index contributed by atoms with van der Waals surface area (Å²) < 4.78 is 0.799. The lowest BCUT2D eigenvalue weighted by Gasteiger charge is -2.34. The van der Waals surface area contributed by atoms with Crippen LogP contribution in [0.1, 0.15) is 0 Å². The number of hydrogen-bond acceptors (Lipinski definition) is 5. The maximum atomic E-state index is 13.2. The van der Waals surface area contributed by atoms with Crippen LogP contribution >= 0.6 is 47.3 Å². The average Bonchev–Trinajstić information content (AvgIpc) is 2.70. The lowest BCUT2D eigenvalue weighted by molar-refractivity contribution is -0.115. The first kappa shape index (κ1) is 20.0. The molecule has 146 valence electrons. The van der Waals surface area contributed by atoms with Gasteiger partial charge < -0.3 is 9.80 Å². The van der Waals surface area contributed by atoms with Crippen molar-refractivity contribution in [3.63, 3.8) is 0 Å². The Labute approximate surface area is 184 Å². The van der Waals surface area contributed by atoms with Crippen molar-refractivity contribution in [1.29, 1.82) is 0 Å². The normalized spacial score (nSPS) is 16.5. The quantitative estimate of drug-likeness (QED) is 0.615. The summed E-state index contributed by atoms with van der Waals surface area (Å²) in [5.41, 5.74) is 1.74. The van der Waals surface area contributed by atoms with Gasteiger partial charge in [-0.05, 0) is 37.4 Å². The van der Waals surface area contributed by atoms with Gasteiger partial charge in [0.05, 0.1) is 17.1 Å². The summed E-state index contributed by atoms with van der Waals surface area (Å²) in [5, 5.41) is 0.622. The number of carbonyl (C=O) groups is 1. The first-order valence-corrected chi connectivity index (χ1v) is 11.6. The van der Waals surface area contributed by atoms with Crippen molar-refractivity contribution in [2.75, 3.05) is 43.9 Å². The molecule has 1 fully saturated rings. The summed E-state index contributed by atoms with van der Waals surface area (Å²) >= 11 is 14.9. The van der Waals surface area contributed by atoms with Crippen LogP contribution in [0.2, 0.25) is 5.02 Å². The maximum Gasteiger partial charge on any atom is 0.242 e. The minimum Gasteiger partial charge on any atom is -0.355 e. The number of nitrogens with zero attached hydrogens (tertiary/aromatic N) is 3. The van der Waals surface area contributed by atoms with E-state index in [1.54, 1.807) is 16.7 Å². The van der Waals surface area contributed by atoms with Crippen LogP contribution in [0.4, 0.5) is 11.4 Å². The van der Waals surface area contributed by atoms with Crippen LogP contribution in [0.3, 0.4) is 0 Å². The van der Waals surface area contributed by atoms with Gasteiger partial charge in [0.1, 0.15) is 4.32 Å². The van der Waals surface area contributed by atoms with Gasteiger partial charge in [0, 0.05) is 41.0 Å². The van der Waals surface area contributed by atoms with Gasteiger partial charge in [0.2, 0.25) is 5.91 Å². The lowest BCUT2D eigenvalue weighted by Crippen LogP contribution is -2.46. The highest BCUT2D eigenvalue weighted by atomic mass is 35.5. The molecule has 2 aromatic carbocycles. The van der Waals surface area contributed by atoms with Gasteiger partial charge in [0.15, 0.2) is 0 Å². The number of carbonyl (C=O) groups excluding carboxylic acids is 1. The molecule has 4 nitrogen and oxygen atoms in total. The molecule has 0 saturated carbocycles. The van der Waals surface area contributed by atoms with E-state index in [2.05, 4.69) is 16.8 Å². The van der Waals surface area contributed by atoms with Crippen molar-refractivity contribution in [2.24, 2.45) is 0 Å². The fraction of sp³-hybridized carbons (Fsp3) is 0.300. The van der Waals surface area contributed by atoms with E-state index in [1.165, 1.54) is 11.8 Å². The molecule has 0 atom stereocenters. The summed E-state index contributed by atoms with van der Waals surface area (Å²) in [6, 6.07) is 13.7. The Bertz CT molecular complexity index is 915. The summed E-state index contributed by atoms with van der Waals surface area (Å²) in [4.78, 5) is 21.6. The second kappa shape index (κ2) is 8.63. The second-order valence-electron chi connectivity index (χ2n) is 6.76. The number of thioether (sulfide) groups is 1. The predicted molar refractivity (Wildman–Crippen MR) is 123 cm³/mol. The molecule has 4 rings (SSSR count). The van der Waals surface area contributed by atoms with Crippen molar-refractivity contribution in [3.05, 3.63) is 47.5 Å². The molecule has 0 radical (unpaired) electrons. The van der Waals surface area contributed by atoms with E-state index in [1.807, 2.05) is 42.5 Å². The predicted octanol–water partition coefficient (Wildman–Crippen LogP) is 4.73. The molecule has 28 heavy (non-hydrogen) atoms. The molecule has 0 aromatic heterocycles. The zero-order valence-corrected chi connectivity index (χ0v) is 18.6. The number of piperazine rings is 1. The highest BCUT2D eigenvalue weighted by Gasteiger charge is 2.29. The zero-order chi connectivity index (χ0) is 19.7. The molecule has 1 amide bonds. The molecule has 2 heterocycles. The van der Waals surface area contributed by atoms with Gasteiger partial charge >= 0.3 is 0 Å². The first-order valence-electron chi connectivity index (χ1n) is 9.02. The van der Waals surface area contributed by atoms with Gasteiger partial charge in [-0.25, -0.2) is 0 Å². The molecule has 0 N–H and O–H groups in total. The van der Waals surface area contributed by atoms with Crippen LogP contribution < -0.4 is 4.90 Å². The number of benzene rings is 2. The molecule has 2 aliphatic heterocycles. The van der Waals surface area contributed by atoms with Gasteiger partial charge in [0.25, 0.3) is 0 Å². The van der Waals surface area contributed by atoms with Crippen LogP contribution in [-0.4, -0.2) is 59.0 Å². The van der Waals surface area contributed by atoms with E-state index in [-0.39, 0.29) is 5.91 Å². The third-order valence-corrected chi connectivity index (χ3v) is 7.69. The number of likely N-dealkylation sites (N-methyl/N-ethyl adjacent to an activating group) is 1. The number of hydrogen-bond donors (Lipinski definition) is 0. The molecule has 0 aliphatic carbocycles. The highest BCUT2D eigenvalue weighted by Crippen LogP contribution is 2.48. The molecule has 0 spiro atoms. The van der Waals surface area contributed by atoms with E-state index in [0.717, 1.165) is 51.7 Å². The Kier molecular flexibility index (Phi) is 6.18. The number of halogens is 1. The molecule has 2 aromatic rings. The smallest absolute Gasteiger partial charge is 0.242 e. The number of anilines is 2. The molecule has 8 heteroatoms. The van der Waals surface area contributed by atoms with Gasteiger partial charge in [-0.15, -0.1) is 0 Å². The van der Waals surface area contributed by atoms with E-state index < -0.39 is 0 Å². The van der Waals surface area contributed by atoms with Crippen molar-refractivity contribution in [1.82, 2.24) is 9.80 Å². The second-order valence-corrected chi connectivity index (χ2v) is 9.89. The number of amides is 1. The van der Waals surface area contributed by atoms with Crippen molar-refractivity contribution >= 4 is 68.9 Å². The van der Waals surface area contributed by atoms with Gasteiger partial charge in [-0.1, -0.05) is 59.5 Å². The molecular weight excluding hydrogens is 430 g/mol. The Hall–Kier alpha value is -1.25. The highest BCUT2D eigenvalue weighted by molar-refractivity contribution is 8.23. The van der Waals surface area contributed by atoms with Gasteiger partial charge in [-0.2, -0.15) is 0 Å². The Morgan fingerprint density at radius 2 is 1.82 bits per heavy atom.